The zero-order valence-electron chi connectivity index (χ0n) is 8.86. The minimum atomic E-state index is -3.15. The summed E-state index contributed by atoms with van der Waals surface area (Å²) < 4.78 is 22.5. The highest BCUT2D eigenvalue weighted by molar-refractivity contribution is 7.90. The Labute approximate surface area is 90.0 Å². The highest BCUT2D eigenvalue weighted by atomic mass is 32.2. The number of benzene rings is 1. The Morgan fingerprint density at radius 3 is 2.53 bits per heavy atom. The van der Waals surface area contributed by atoms with Crippen molar-refractivity contribution in [2.45, 2.75) is 24.7 Å². The normalized spacial score (nSPS) is 11.3. The summed E-state index contributed by atoms with van der Waals surface area (Å²) in [6, 6.07) is 6.72. The molecule has 1 aromatic rings. The lowest BCUT2D eigenvalue weighted by Gasteiger charge is -2.02. The van der Waals surface area contributed by atoms with Gasteiger partial charge in [-0.25, -0.2) is 8.42 Å². The van der Waals surface area contributed by atoms with Crippen LogP contribution in [0.25, 0.3) is 0 Å². The molecule has 0 unspecified atom stereocenters. The van der Waals surface area contributed by atoms with Gasteiger partial charge in [0.1, 0.15) is 5.78 Å². The molecule has 3 nitrogen and oxygen atoms in total. The number of ketones is 1. The molecule has 0 amide bonds. The third kappa shape index (κ3) is 3.83. The van der Waals surface area contributed by atoms with Gasteiger partial charge in [0.25, 0.3) is 0 Å². The number of aryl methyl sites for hydroxylation is 1. The van der Waals surface area contributed by atoms with E-state index in [1.807, 2.05) is 6.07 Å². The van der Waals surface area contributed by atoms with E-state index in [1.165, 1.54) is 13.2 Å². The Hall–Kier alpha value is -1.16. The predicted octanol–water partition coefficient (Wildman–Crippen LogP) is 1.61. The van der Waals surface area contributed by atoms with Gasteiger partial charge in [-0.15, -0.1) is 0 Å². The van der Waals surface area contributed by atoms with Gasteiger partial charge in [0.05, 0.1) is 4.90 Å². The maximum Gasteiger partial charge on any atom is 0.175 e. The Bertz CT molecular complexity index is 460. The number of hydrogen-bond acceptors (Lipinski definition) is 3. The van der Waals surface area contributed by atoms with Gasteiger partial charge in [0.15, 0.2) is 9.84 Å². The largest absolute Gasteiger partial charge is 0.300 e. The lowest BCUT2D eigenvalue weighted by atomic mass is 10.1. The Morgan fingerprint density at radius 1 is 1.33 bits per heavy atom. The number of carbonyl (C=O) groups is 1. The molecule has 0 aliphatic heterocycles. The summed E-state index contributed by atoms with van der Waals surface area (Å²) in [6.07, 6.45) is 2.23. The van der Waals surface area contributed by atoms with E-state index >= 15 is 0 Å². The average Bonchev–Trinajstić information content (AvgIpc) is 2.14. The number of sulfone groups is 1. The van der Waals surface area contributed by atoms with E-state index in [0.29, 0.717) is 17.7 Å². The van der Waals surface area contributed by atoms with Crippen LogP contribution in [0.15, 0.2) is 29.2 Å². The van der Waals surface area contributed by atoms with Crippen molar-refractivity contribution < 1.29 is 13.2 Å². The van der Waals surface area contributed by atoms with Crippen LogP contribution in [0.4, 0.5) is 0 Å². The first kappa shape index (κ1) is 11.9. The van der Waals surface area contributed by atoms with Crippen molar-refractivity contribution in [1.29, 1.82) is 0 Å². The molecule has 0 aliphatic rings. The van der Waals surface area contributed by atoms with Crippen molar-refractivity contribution in [2.75, 3.05) is 6.26 Å². The van der Waals surface area contributed by atoms with Gasteiger partial charge >= 0.3 is 0 Å². The van der Waals surface area contributed by atoms with Crippen LogP contribution in [-0.2, 0) is 21.1 Å². The molecule has 0 fully saturated rings. The first-order valence-corrected chi connectivity index (χ1v) is 6.57. The first-order valence-electron chi connectivity index (χ1n) is 4.68. The molecule has 0 radical (unpaired) electrons. The zero-order valence-corrected chi connectivity index (χ0v) is 9.67. The minimum absolute atomic E-state index is 0.111. The molecule has 15 heavy (non-hydrogen) atoms. The zero-order chi connectivity index (χ0) is 11.5. The van der Waals surface area contributed by atoms with Gasteiger partial charge in [-0.2, -0.15) is 0 Å². The standard InChI is InChI=1S/C11H14O3S/c1-9(12)6-7-10-4-3-5-11(8-10)15(2,13)14/h3-5,8H,6-7H2,1-2H3. The fourth-order valence-electron chi connectivity index (χ4n) is 1.25. The van der Waals surface area contributed by atoms with Gasteiger partial charge in [-0.3, -0.25) is 0 Å². The van der Waals surface area contributed by atoms with Gasteiger partial charge in [0.2, 0.25) is 0 Å². The second kappa shape index (κ2) is 4.57. The molecule has 0 saturated carbocycles. The molecule has 82 valence electrons. The van der Waals surface area contributed by atoms with Crippen molar-refractivity contribution in [3.63, 3.8) is 0 Å². The summed E-state index contributed by atoms with van der Waals surface area (Å²) in [6.45, 7) is 1.53. The topological polar surface area (TPSA) is 51.2 Å². The average molecular weight is 226 g/mol. The van der Waals surface area contributed by atoms with Crippen LogP contribution in [0.2, 0.25) is 0 Å². The van der Waals surface area contributed by atoms with E-state index in [4.69, 9.17) is 0 Å². The number of carbonyl (C=O) groups excluding carboxylic acids is 1. The third-order valence-corrected chi connectivity index (χ3v) is 3.20. The van der Waals surface area contributed by atoms with E-state index in [1.54, 1.807) is 18.2 Å². The molecule has 0 N–H and O–H groups in total. The molecule has 4 heteroatoms. The molecule has 0 saturated heterocycles. The van der Waals surface area contributed by atoms with Crippen molar-refractivity contribution in [1.82, 2.24) is 0 Å². The highest BCUT2D eigenvalue weighted by Gasteiger charge is 2.07. The molecule has 1 aromatic carbocycles. The summed E-state index contributed by atoms with van der Waals surface area (Å²) in [7, 11) is -3.15. The summed E-state index contributed by atoms with van der Waals surface area (Å²) in [4.78, 5) is 11.1. The Balaban J connectivity index is 2.89. The van der Waals surface area contributed by atoms with Crippen LogP contribution in [0.5, 0.6) is 0 Å². The molecule has 0 heterocycles. The van der Waals surface area contributed by atoms with Crippen molar-refractivity contribution in [2.24, 2.45) is 0 Å². The van der Waals surface area contributed by atoms with Crippen LogP contribution in [0.1, 0.15) is 18.9 Å². The van der Waals surface area contributed by atoms with Crippen LogP contribution in [0.3, 0.4) is 0 Å². The van der Waals surface area contributed by atoms with Crippen LogP contribution in [-0.4, -0.2) is 20.5 Å². The summed E-state index contributed by atoms with van der Waals surface area (Å²) in [5.41, 5.74) is 0.883. The summed E-state index contributed by atoms with van der Waals surface area (Å²) in [5.74, 6) is 0.111. The molecule has 0 spiro atoms. The van der Waals surface area contributed by atoms with Crippen molar-refractivity contribution in [3.05, 3.63) is 29.8 Å². The summed E-state index contributed by atoms with van der Waals surface area (Å²) >= 11 is 0. The van der Waals surface area contributed by atoms with E-state index in [2.05, 4.69) is 0 Å². The second-order valence-corrected chi connectivity index (χ2v) is 5.64. The molecule has 0 aliphatic carbocycles. The van der Waals surface area contributed by atoms with Crippen molar-refractivity contribution in [3.8, 4) is 0 Å². The van der Waals surface area contributed by atoms with Crippen LogP contribution >= 0.6 is 0 Å². The van der Waals surface area contributed by atoms with Crippen LogP contribution in [0, 0.1) is 0 Å². The van der Waals surface area contributed by atoms with Crippen LogP contribution < -0.4 is 0 Å². The minimum Gasteiger partial charge on any atom is -0.300 e. The van der Waals surface area contributed by atoms with Gasteiger partial charge in [0, 0.05) is 12.7 Å². The molecule has 0 bridgehead atoms. The smallest absolute Gasteiger partial charge is 0.175 e. The number of hydrogen-bond donors (Lipinski definition) is 0. The monoisotopic (exact) mass is 226 g/mol. The van der Waals surface area contributed by atoms with Crippen molar-refractivity contribution >= 4 is 15.6 Å². The number of Topliss-reactive ketones (excluding diaryl/α,β-unsaturated/α-hetero) is 1. The van der Waals surface area contributed by atoms with Gasteiger partial charge < -0.3 is 4.79 Å². The molecule has 0 aromatic heterocycles. The van der Waals surface area contributed by atoms with E-state index in [0.717, 1.165) is 5.56 Å². The van der Waals surface area contributed by atoms with E-state index in [9.17, 15) is 13.2 Å². The molecular formula is C11H14O3S. The van der Waals surface area contributed by atoms with Gasteiger partial charge in [-0.1, -0.05) is 12.1 Å². The maximum absolute atomic E-state index is 11.3. The number of rotatable bonds is 4. The molecular weight excluding hydrogens is 212 g/mol. The fourth-order valence-corrected chi connectivity index (χ4v) is 1.94. The molecule has 1 rings (SSSR count). The first-order chi connectivity index (χ1) is 6.89. The van der Waals surface area contributed by atoms with E-state index in [-0.39, 0.29) is 5.78 Å². The second-order valence-electron chi connectivity index (χ2n) is 3.62. The quantitative estimate of drug-likeness (QED) is 0.783. The molecule has 0 atom stereocenters. The predicted molar refractivity (Wildman–Crippen MR) is 58.6 cm³/mol. The maximum atomic E-state index is 11.3. The lowest BCUT2D eigenvalue weighted by molar-refractivity contribution is -0.116. The SMILES string of the molecule is CC(=O)CCc1cccc(S(C)(=O)=O)c1. The Morgan fingerprint density at radius 2 is 2.00 bits per heavy atom. The van der Waals surface area contributed by atoms with Gasteiger partial charge in [-0.05, 0) is 31.0 Å². The lowest BCUT2D eigenvalue weighted by Crippen LogP contribution is -1.99. The van der Waals surface area contributed by atoms with E-state index < -0.39 is 9.84 Å². The Kier molecular flexibility index (Phi) is 3.63. The highest BCUT2D eigenvalue weighted by Crippen LogP contribution is 2.12. The summed E-state index contributed by atoms with van der Waals surface area (Å²) in [5, 5.41) is 0. The fraction of sp³-hybridized carbons (Fsp3) is 0.364. The third-order valence-electron chi connectivity index (χ3n) is 2.09.